The van der Waals surface area contributed by atoms with E-state index in [0.717, 1.165) is 24.1 Å². The van der Waals surface area contributed by atoms with E-state index in [1.54, 1.807) is 4.90 Å². The third-order valence-electron chi connectivity index (χ3n) is 3.59. The van der Waals surface area contributed by atoms with Crippen molar-refractivity contribution in [3.63, 3.8) is 0 Å². The molecule has 1 saturated heterocycles. The Morgan fingerprint density at radius 3 is 2.59 bits per heavy atom. The van der Waals surface area contributed by atoms with Crippen LogP contribution in [0.2, 0.25) is 0 Å². The number of rotatable bonds is 4. The molecule has 2 N–H and O–H groups in total. The summed E-state index contributed by atoms with van der Waals surface area (Å²) >= 11 is 0. The summed E-state index contributed by atoms with van der Waals surface area (Å²) < 4.78 is 25.7. The Kier molecular flexibility index (Phi) is 4.05. The predicted molar refractivity (Wildman–Crippen MR) is 84.0 cm³/mol. The van der Waals surface area contributed by atoms with Crippen molar-refractivity contribution in [1.82, 2.24) is 10.0 Å². The first kappa shape index (κ1) is 14.9. The third kappa shape index (κ3) is 3.40. The molecule has 116 valence electrons. The van der Waals surface area contributed by atoms with Crippen LogP contribution in [0.5, 0.6) is 0 Å². The Labute approximate surface area is 129 Å². The van der Waals surface area contributed by atoms with Gasteiger partial charge in [0, 0.05) is 24.3 Å². The maximum atomic E-state index is 11.6. The molecular weight excluding hydrogens is 302 g/mol. The number of amides is 2. The van der Waals surface area contributed by atoms with Gasteiger partial charge in [-0.2, -0.15) is 0 Å². The minimum absolute atomic E-state index is 0.0895. The number of carbonyl (C=O) groups excluding carboxylic acids is 1. The van der Waals surface area contributed by atoms with E-state index in [-0.39, 0.29) is 17.8 Å². The zero-order valence-electron chi connectivity index (χ0n) is 12.0. The summed E-state index contributed by atoms with van der Waals surface area (Å²) in [5, 5.41) is 2.52. The van der Waals surface area contributed by atoms with Gasteiger partial charge in [0.05, 0.1) is 11.8 Å². The van der Waals surface area contributed by atoms with E-state index in [4.69, 9.17) is 0 Å². The van der Waals surface area contributed by atoms with Crippen LogP contribution in [0.4, 0.5) is 10.5 Å². The van der Waals surface area contributed by atoms with Gasteiger partial charge >= 0.3 is 6.03 Å². The zero-order chi connectivity index (χ0) is 15.6. The molecule has 0 aromatic heterocycles. The number of hydrogen-bond acceptors (Lipinski definition) is 3. The highest BCUT2D eigenvalue weighted by Crippen LogP contribution is 2.27. The van der Waals surface area contributed by atoms with Crippen molar-refractivity contribution in [3.05, 3.63) is 29.8 Å². The maximum Gasteiger partial charge on any atom is 0.321 e. The van der Waals surface area contributed by atoms with Gasteiger partial charge in [0.2, 0.25) is 10.0 Å². The van der Waals surface area contributed by atoms with Gasteiger partial charge < -0.3 is 5.32 Å². The molecule has 2 aliphatic rings. The second-order valence-electron chi connectivity index (χ2n) is 5.30. The summed E-state index contributed by atoms with van der Waals surface area (Å²) in [5.74, 6) is 5.71. The molecular formula is C15H17N3O3S. The summed E-state index contributed by atoms with van der Waals surface area (Å²) in [6.45, 7) is 1.43. The van der Waals surface area contributed by atoms with Gasteiger partial charge in [-0.3, -0.25) is 4.90 Å². The molecule has 1 aliphatic heterocycles. The normalized spacial score (nSPS) is 17.8. The van der Waals surface area contributed by atoms with E-state index in [2.05, 4.69) is 21.9 Å². The highest BCUT2D eigenvalue weighted by molar-refractivity contribution is 7.90. The average molecular weight is 319 g/mol. The molecule has 1 aromatic rings. The van der Waals surface area contributed by atoms with Crippen molar-refractivity contribution in [2.45, 2.75) is 18.1 Å². The summed E-state index contributed by atoms with van der Waals surface area (Å²) in [6, 6.07) is 7.23. The molecule has 1 saturated carbocycles. The van der Waals surface area contributed by atoms with Gasteiger partial charge in [0.1, 0.15) is 0 Å². The Morgan fingerprint density at radius 1 is 1.27 bits per heavy atom. The molecule has 3 rings (SSSR count). The van der Waals surface area contributed by atoms with Crippen LogP contribution in [0, 0.1) is 11.8 Å². The van der Waals surface area contributed by atoms with Crippen molar-refractivity contribution in [1.29, 1.82) is 0 Å². The monoisotopic (exact) mass is 319 g/mol. The number of urea groups is 1. The first-order valence-corrected chi connectivity index (χ1v) is 8.74. The van der Waals surface area contributed by atoms with Crippen LogP contribution >= 0.6 is 0 Å². The average Bonchev–Trinajstić information content (AvgIpc) is 3.28. The number of sulfonamides is 1. The lowest BCUT2D eigenvalue weighted by atomic mass is 10.2. The largest absolute Gasteiger partial charge is 0.336 e. The first-order valence-electron chi connectivity index (χ1n) is 7.19. The molecule has 22 heavy (non-hydrogen) atoms. The van der Waals surface area contributed by atoms with Crippen LogP contribution < -0.4 is 14.9 Å². The fourth-order valence-corrected chi connectivity index (χ4v) is 3.49. The van der Waals surface area contributed by atoms with Gasteiger partial charge in [0.25, 0.3) is 0 Å². The van der Waals surface area contributed by atoms with Crippen LogP contribution in [0.25, 0.3) is 0 Å². The lowest BCUT2D eigenvalue weighted by Gasteiger charge is -2.13. The van der Waals surface area contributed by atoms with Crippen LogP contribution in [0.3, 0.4) is 0 Å². The number of benzene rings is 1. The standard InChI is InChI=1S/C15H17N3O3S/c19-15-16-10-11-18(15)13-5-3-12(4-6-13)2-1-9-17-22(20,21)14-7-8-14/h3-6,14,17H,7-11H2,(H,16,19). The van der Waals surface area contributed by atoms with Gasteiger partial charge in [-0.05, 0) is 37.1 Å². The highest BCUT2D eigenvalue weighted by atomic mass is 32.2. The van der Waals surface area contributed by atoms with Gasteiger partial charge in [0.15, 0.2) is 0 Å². The molecule has 1 aliphatic carbocycles. The Bertz CT molecular complexity index is 728. The molecule has 7 heteroatoms. The number of carbonyl (C=O) groups is 1. The SMILES string of the molecule is O=C1NCCN1c1ccc(C#CCNS(=O)(=O)C2CC2)cc1. The molecule has 0 bridgehead atoms. The van der Waals surface area contributed by atoms with E-state index >= 15 is 0 Å². The molecule has 1 heterocycles. The minimum Gasteiger partial charge on any atom is -0.336 e. The molecule has 6 nitrogen and oxygen atoms in total. The summed E-state index contributed by atoms with van der Waals surface area (Å²) in [4.78, 5) is 13.2. The van der Waals surface area contributed by atoms with Crippen LogP contribution in [-0.4, -0.2) is 39.3 Å². The van der Waals surface area contributed by atoms with E-state index in [9.17, 15) is 13.2 Å². The second-order valence-corrected chi connectivity index (χ2v) is 7.34. The molecule has 0 radical (unpaired) electrons. The van der Waals surface area contributed by atoms with E-state index in [1.165, 1.54) is 0 Å². The lowest BCUT2D eigenvalue weighted by Crippen LogP contribution is -2.27. The quantitative estimate of drug-likeness (QED) is 0.800. The summed E-state index contributed by atoms with van der Waals surface area (Å²) in [6.07, 6.45) is 1.49. The first-order chi connectivity index (χ1) is 10.6. The summed E-state index contributed by atoms with van der Waals surface area (Å²) in [5.41, 5.74) is 1.61. The molecule has 0 unspecified atom stereocenters. The van der Waals surface area contributed by atoms with E-state index in [1.807, 2.05) is 24.3 Å². The second kappa shape index (κ2) is 5.99. The maximum absolute atomic E-state index is 11.6. The molecule has 0 spiro atoms. The fraction of sp³-hybridized carbons (Fsp3) is 0.400. The number of nitrogens with one attached hydrogen (secondary N) is 2. The van der Waals surface area contributed by atoms with Crippen molar-refractivity contribution in [2.24, 2.45) is 0 Å². The topological polar surface area (TPSA) is 78.5 Å². The van der Waals surface area contributed by atoms with Crippen molar-refractivity contribution < 1.29 is 13.2 Å². The lowest BCUT2D eigenvalue weighted by molar-refractivity contribution is 0.252. The third-order valence-corrected chi connectivity index (χ3v) is 5.49. The van der Waals surface area contributed by atoms with Gasteiger partial charge in [-0.1, -0.05) is 11.8 Å². The Morgan fingerprint density at radius 2 is 2.00 bits per heavy atom. The molecule has 0 atom stereocenters. The molecule has 1 aromatic carbocycles. The highest BCUT2D eigenvalue weighted by Gasteiger charge is 2.34. The number of hydrogen-bond donors (Lipinski definition) is 2. The van der Waals surface area contributed by atoms with Crippen LogP contribution in [-0.2, 0) is 10.0 Å². The van der Waals surface area contributed by atoms with Crippen LogP contribution in [0.15, 0.2) is 24.3 Å². The number of nitrogens with zero attached hydrogens (tertiary/aromatic N) is 1. The Hall–Kier alpha value is -2.04. The minimum atomic E-state index is -3.17. The predicted octanol–water partition coefficient (Wildman–Crippen LogP) is 0.649. The van der Waals surface area contributed by atoms with E-state index in [0.29, 0.717) is 13.1 Å². The van der Waals surface area contributed by atoms with E-state index < -0.39 is 10.0 Å². The zero-order valence-corrected chi connectivity index (χ0v) is 12.8. The van der Waals surface area contributed by atoms with Crippen LogP contribution in [0.1, 0.15) is 18.4 Å². The van der Waals surface area contributed by atoms with Crippen molar-refractivity contribution in [3.8, 4) is 11.8 Å². The van der Waals surface area contributed by atoms with Gasteiger partial charge in [-0.15, -0.1) is 0 Å². The molecule has 2 fully saturated rings. The van der Waals surface area contributed by atoms with Gasteiger partial charge in [-0.25, -0.2) is 17.9 Å². The number of anilines is 1. The van der Waals surface area contributed by atoms with Crippen molar-refractivity contribution >= 4 is 21.7 Å². The van der Waals surface area contributed by atoms with Crippen molar-refractivity contribution in [2.75, 3.05) is 24.5 Å². The smallest absolute Gasteiger partial charge is 0.321 e. The molecule has 2 amide bonds. The summed E-state index contributed by atoms with van der Waals surface area (Å²) in [7, 11) is -3.17. The fourth-order valence-electron chi connectivity index (χ4n) is 2.22. The Balaban J connectivity index is 1.57.